The number of anilines is 2. The van der Waals surface area contributed by atoms with Gasteiger partial charge in [-0.1, -0.05) is 25.0 Å². The largest absolute Gasteiger partial charge is 0.342 e. The first kappa shape index (κ1) is 18.4. The average Bonchev–Trinajstić information content (AvgIpc) is 3.29. The highest BCUT2D eigenvalue weighted by atomic mass is 16.2. The van der Waals surface area contributed by atoms with Crippen LogP contribution >= 0.6 is 0 Å². The highest BCUT2D eigenvalue weighted by molar-refractivity contribution is 5.93. The van der Waals surface area contributed by atoms with Gasteiger partial charge in [0.15, 0.2) is 0 Å². The van der Waals surface area contributed by atoms with Crippen LogP contribution in [0.1, 0.15) is 25.7 Å². The highest BCUT2D eigenvalue weighted by Gasteiger charge is 2.23. The molecule has 2 aromatic rings. The van der Waals surface area contributed by atoms with Gasteiger partial charge < -0.3 is 15.1 Å². The van der Waals surface area contributed by atoms with E-state index in [4.69, 9.17) is 4.98 Å². The van der Waals surface area contributed by atoms with Crippen LogP contribution in [0.4, 0.5) is 11.6 Å². The molecule has 4 rings (SSSR count). The van der Waals surface area contributed by atoms with Crippen molar-refractivity contribution in [3.63, 3.8) is 0 Å². The third kappa shape index (κ3) is 4.13. The zero-order valence-corrected chi connectivity index (χ0v) is 15.9. The number of carbonyl (C=O) groups excluding carboxylic acids is 2. The summed E-state index contributed by atoms with van der Waals surface area (Å²) in [6.45, 7) is 2.80. The van der Waals surface area contributed by atoms with Crippen molar-refractivity contribution in [3.05, 3.63) is 36.5 Å². The van der Waals surface area contributed by atoms with Gasteiger partial charge >= 0.3 is 0 Å². The van der Waals surface area contributed by atoms with E-state index in [0.29, 0.717) is 19.0 Å². The molecule has 1 saturated carbocycles. The number of piperazine rings is 1. The van der Waals surface area contributed by atoms with E-state index < -0.39 is 0 Å². The summed E-state index contributed by atoms with van der Waals surface area (Å²) in [5.41, 5.74) is 2.56. The minimum absolute atomic E-state index is 0.117. The van der Waals surface area contributed by atoms with Crippen LogP contribution in [-0.2, 0) is 9.59 Å². The predicted octanol–water partition coefficient (Wildman–Crippen LogP) is 2.55. The van der Waals surface area contributed by atoms with Gasteiger partial charge in [-0.2, -0.15) is 0 Å². The molecule has 0 radical (unpaired) electrons. The molecule has 7 nitrogen and oxygen atoms in total. The number of amides is 2. The van der Waals surface area contributed by atoms with E-state index in [1.54, 1.807) is 11.1 Å². The van der Waals surface area contributed by atoms with Crippen molar-refractivity contribution in [2.24, 2.45) is 5.92 Å². The Morgan fingerprint density at radius 2 is 1.89 bits per heavy atom. The fourth-order valence-corrected chi connectivity index (χ4v) is 3.88. The lowest BCUT2D eigenvalue weighted by atomic mass is 10.1. The van der Waals surface area contributed by atoms with Gasteiger partial charge in [-0.3, -0.25) is 9.59 Å². The summed E-state index contributed by atoms with van der Waals surface area (Å²) in [6, 6.07) is 9.68. The summed E-state index contributed by atoms with van der Waals surface area (Å²) >= 11 is 0. The number of hydrogen-bond acceptors (Lipinski definition) is 5. The third-order valence-electron chi connectivity index (χ3n) is 5.54. The molecule has 1 N–H and O–H groups in total. The van der Waals surface area contributed by atoms with Crippen LogP contribution in [-0.4, -0.2) is 53.4 Å². The van der Waals surface area contributed by atoms with Crippen molar-refractivity contribution in [3.8, 4) is 11.3 Å². The zero-order valence-electron chi connectivity index (χ0n) is 15.9. The van der Waals surface area contributed by atoms with Crippen molar-refractivity contribution < 1.29 is 9.59 Å². The van der Waals surface area contributed by atoms with Gasteiger partial charge in [-0.15, -0.1) is 0 Å². The second kappa shape index (κ2) is 8.37. The molecule has 1 aromatic carbocycles. The molecule has 2 aliphatic rings. The molecule has 0 spiro atoms. The molecule has 2 amide bonds. The highest BCUT2D eigenvalue weighted by Crippen LogP contribution is 2.27. The number of hydrogen-bond donors (Lipinski definition) is 1. The van der Waals surface area contributed by atoms with E-state index in [0.717, 1.165) is 62.1 Å². The quantitative estimate of drug-likeness (QED) is 0.808. The Hall–Kier alpha value is -2.96. The Kier molecular flexibility index (Phi) is 5.50. The van der Waals surface area contributed by atoms with Gasteiger partial charge in [0.25, 0.3) is 0 Å². The lowest BCUT2D eigenvalue weighted by Gasteiger charge is -2.32. The van der Waals surface area contributed by atoms with E-state index in [1.807, 2.05) is 30.3 Å². The minimum atomic E-state index is 0.117. The van der Waals surface area contributed by atoms with Gasteiger partial charge in [0.2, 0.25) is 18.3 Å². The monoisotopic (exact) mass is 379 g/mol. The molecule has 146 valence electrons. The number of carbonyl (C=O) groups is 2. The van der Waals surface area contributed by atoms with Crippen molar-refractivity contribution >= 4 is 24.0 Å². The molecule has 1 aromatic heterocycles. The molecular formula is C21H25N5O2. The minimum Gasteiger partial charge on any atom is -0.342 e. The van der Waals surface area contributed by atoms with Crippen LogP contribution in [0.5, 0.6) is 0 Å². The summed E-state index contributed by atoms with van der Waals surface area (Å²) in [4.78, 5) is 36.2. The molecule has 28 heavy (non-hydrogen) atoms. The molecule has 0 bridgehead atoms. The molecular weight excluding hydrogens is 354 g/mol. The average molecular weight is 379 g/mol. The van der Waals surface area contributed by atoms with Crippen LogP contribution in [0.15, 0.2) is 36.5 Å². The van der Waals surface area contributed by atoms with Gasteiger partial charge in [0, 0.05) is 49.5 Å². The van der Waals surface area contributed by atoms with E-state index in [1.165, 1.54) is 0 Å². The topological polar surface area (TPSA) is 78.4 Å². The fourth-order valence-electron chi connectivity index (χ4n) is 3.88. The molecule has 2 fully saturated rings. The Balaban J connectivity index is 1.48. The van der Waals surface area contributed by atoms with Crippen LogP contribution in [0.2, 0.25) is 0 Å². The SMILES string of the molecule is O=CN1CCN(c2nccc(-c3cccc(NC(=O)C4CCCC4)c3)n2)CC1. The van der Waals surface area contributed by atoms with Crippen LogP contribution in [0.25, 0.3) is 11.3 Å². The maximum absolute atomic E-state index is 12.4. The van der Waals surface area contributed by atoms with Crippen molar-refractivity contribution in [1.29, 1.82) is 0 Å². The Labute approximate surface area is 164 Å². The lowest BCUT2D eigenvalue weighted by Crippen LogP contribution is -2.46. The number of aromatic nitrogens is 2. The Morgan fingerprint density at radius 1 is 1.11 bits per heavy atom. The third-order valence-corrected chi connectivity index (χ3v) is 5.54. The number of rotatable bonds is 5. The summed E-state index contributed by atoms with van der Waals surface area (Å²) < 4.78 is 0. The van der Waals surface area contributed by atoms with E-state index in [2.05, 4.69) is 15.2 Å². The van der Waals surface area contributed by atoms with Crippen molar-refractivity contribution in [2.45, 2.75) is 25.7 Å². The fraction of sp³-hybridized carbons (Fsp3) is 0.429. The standard InChI is InChI=1S/C21H25N5O2/c27-15-25-10-12-26(13-11-25)21-22-9-8-19(24-21)17-6-3-7-18(14-17)23-20(28)16-4-1-2-5-16/h3,6-9,14-16H,1-2,4-5,10-13H2,(H,23,28). The summed E-state index contributed by atoms with van der Waals surface area (Å²) in [5.74, 6) is 0.925. The number of nitrogens with zero attached hydrogens (tertiary/aromatic N) is 4. The lowest BCUT2D eigenvalue weighted by molar-refractivity contribution is -0.120. The Morgan fingerprint density at radius 3 is 2.64 bits per heavy atom. The van der Waals surface area contributed by atoms with E-state index in [9.17, 15) is 9.59 Å². The smallest absolute Gasteiger partial charge is 0.227 e. The van der Waals surface area contributed by atoms with Gasteiger partial charge in [-0.25, -0.2) is 9.97 Å². The normalized spacial score (nSPS) is 17.6. The molecule has 0 atom stereocenters. The van der Waals surface area contributed by atoms with Gasteiger partial charge in [0.1, 0.15) is 0 Å². The van der Waals surface area contributed by atoms with Crippen LogP contribution in [0, 0.1) is 5.92 Å². The van der Waals surface area contributed by atoms with Gasteiger partial charge in [-0.05, 0) is 31.0 Å². The first-order valence-corrected chi connectivity index (χ1v) is 9.91. The molecule has 0 unspecified atom stereocenters. The summed E-state index contributed by atoms with van der Waals surface area (Å²) in [7, 11) is 0. The van der Waals surface area contributed by atoms with Crippen LogP contribution in [0.3, 0.4) is 0 Å². The number of benzene rings is 1. The first-order chi connectivity index (χ1) is 13.7. The molecule has 7 heteroatoms. The maximum Gasteiger partial charge on any atom is 0.227 e. The molecule has 1 aliphatic carbocycles. The summed E-state index contributed by atoms with van der Waals surface area (Å²) in [6.07, 6.45) is 6.90. The second-order valence-electron chi connectivity index (χ2n) is 7.42. The zero-order chi connectivity index (χ0) is 19.3. The molecule has 1 aliphatic heterocycles. The van der Waals surface area contributed by atoms with Gasteiger partial charge in [0.05, 0.1) is 5.69 Å². The van der Waals surface area contributed by atoms with Crippen molar-refractivity contribution in [1.82, 2.24) is 14.9 Å². The maximum atomic E-state index is 12.4. The predicted molar refractivity (Wildman–Crippen MR) is 108 cm³/mol. The molecule has 1 saturated heterocycles. The second-order valence-corrected chi connectivity index (χ2v) is 7.42. The van der Waals surface area contributed by atoms with Crippen molar-refractivity contribution in [2.75, 3.05) is 36.4 Å². The summed E-state index contributed by atoms with van der Waals surface area (Å²) in [5, 5.41) is 3.05. The molecule has 2 heterocycles. The first-order valence-electron chi connectivity index (χ1n) is 9.91. The van der Waals surface area contributed by atoms with E-state index >= 15 is 0 Å². The van der Waals surface area contributed by atoms with Crippen LogP contribution < -0.4 is 10.2 Å². The number of nitrogens with one attached hydrogen (secondary N) is 1. The Bertz CT molecular complexity index is 842. The van der Waals surface area contributed by atoms with E-state index in [-0.39, 0.29) is 11.8 Å².